The van der Waals surface area contributed by atoms with Crippen LogP contribution in [0.1, 0.15) is 12.5 Å². The summed E-state index contributed by atoms with van der Waals surface area (Å²) in [5.74, 6) is 0.0191. The molecular formula is C18H14FNO2S2. The first-order chi connectivity index (χ1) is 11.6. The summed E-state index contributed by atoms with van der Waals surface area (Å²) in [7, 11) is 0. The molecule has 3 rings (SSSR count). The molecule has 2 aromatic carbocycles. The SMILES string of the molecule is CCOc1ccccc1N1C(=O)C(=Cc2cccc(F)c2)SC1=S. The van der Waals surface area contributed by atoms with Crippen LogP contribution in [0.3, 0.4) is 0 Å². The number of thiocarbonyl (C=S) groups is 1. The van der Waals surface area contributed by atoms with E-state index in [2.05, 4.69) is 0 Å². The van der Waals surface area contributed by atoms with Crippen LogP contribution in [-0.4, -0.2) is 16.8 Å². The van der Waals surface area contributed by atoms with Crippen LogP contribution in [-0.2, 0) is 4.79 Å². The van der Waals surface area contributed by atoms with E-state index >= 15 is 0 Å². The van der Waals surface area contributed by atoms with Crippen molar-refractivity contribution in [2.24, 2.45) is 0 Å². The molecule has 0 aromatic heterocycles. The Labute approximate surface area is 149 Å². The van der Waals surface area contributed by atoms with Gasteiger partial charge in [-0.2, -0.15) is 0 Å². The number of ether oxygens (including phenoxy) is 1. The van der Waals surface area contributed by atoms with Crippen LogP contribution in [0.15, 0.2) is 53.4 Å². The zero-order valence-electron chi connectivity index (χ0n) is 12.9. The van der Waals surface area contributed by atoms with Crippen molar-refractivity contribution >= 4 is 46.0 Å². The second-order valence-corrected chi connectivity index (χ2v) is 6.65. The minimum Gasteiger partial charge on any atom is -0.492 e. The Morgan fingerprint density at radius 2 is 2.04 bits per heavy atom. The molecule has 1 saturated heterocycles. The van der Waals surface area contributed by atoms with E-state index in [4.69, 9.17) is 17.0 Å². The van der Waals surface area contributed by atoms with Gasteiger partial charge in [-0.3, -0.25) is 9.69 Å². The molecule has 0 N–H and O–H groups in total. The van der Waals surface area contributed by atoms with Crippen LogP contribution in [0.5, 0.6) is 5.75 Å². The van der Waals surface area contributed by atoms with Gasteiger partial charge in [-0.15, -0.1) is 0 Å². The second kappa shape index (κ2) is 7.15. The average molecular weight is 359 g/mol. The summed E-state index contributed by atoms with van der Waals surface area (Å²) in [6, 6.07) is 13.3. The third-order valence-electron chi connectivity index (χ3n) is 3.35. The lowest BCUT2D eigenvalue weighted by Crippen LogP contribution is -2.28. The molecule has 3 nitrogen and oxygen atoms in total. The highest BCUT2D eigenvalue weighted by Gasteiger charge is 2.34. The first kappa shape index (κ1) is 16.7. The molecular weight excluding hydrogens is 345 g/mol. The number of carbonyl (C=O) groups is 1. The third kappa shape index (κ3) is 3.34. The fourth-order valence-electron chi connectivity index (χ4n) is 2.34. The lowest BCUT2D eigenvalue weighted by Gasteiger charge is -2.18. The molecule has 0 saturated carbocycles. The number of carbonyl (C=O) groups excluding carboxylic acids is 1. The molecule has 0 unspecified atom stereocenters. The highest BCUT2D eigenvalue weighted by Crippen LogP contribution is 2.39. The molecule has 1 amide bonds. The van der Waals surface area contributed by atoms with E-state index in [0.29, 0.717) is 32.8 Å². The molecule has 1 aliphatic heterocycles. The van der Waals surface area contributed by atoms with Crippen molar-refractivity contribution in [2.75, 3.05) is 11.5 Å². The first-order valence-corrected chi connectivity index (χ1v) is 8.58. The maximum Gasteiger partial charge on any atom is 0.270 e. The van der Waals surface area contributed by atoms with Gasteiger partial charge in [0.25, 0.3) is 5.91 Å². The minimum atomic E-state index is -0.346. The largest absolute Gasteiger partial charge is 0.492 e. The van der Waals surface area contributed by atoms with E-state index in [-0.39, 0.29) is 11.7 Å². The van der Waals surface area contributed by atoms with E-state index in [1.807, 2.05) is 19.1 Å². The van der Waals surface area contributed by atoms with Crippen LogP contribution in [0, 0.1) is 5.82 Å². The second-order valence-electron chi connectivity index (χ2n) is 4.97. The van der Waals surface area contributed by atoms with E-state index in [9.17, 15) is 9.18 Å². The molecule has 0 aliphatic carbocycles. The molecule has 6 heteroatoms. The summed E-state index contributed by atoms with van der Waals surface area (Å²) in [6.45, 7) is 2.37. The van der Waals surface area contributed by atoms with Gasteiger partial charge in [-0.25, -0.2) is 4.39 Å². The van der Waals surface area contributed by atoms with E-state index in [1.165, 1.54) is 28.8 Å². The molecule has 0 bridgehead atoms. The number of thioether (sulfide) groups is 1. The highest BCUT2D eigenvalue weighted by atomic mass is 32.2. The third-order valence-corrected chi connectivity index (χ3v) is 4.65. The maximum absolute atomic E-state index is 13.3. The van der Waals surface area contributed by atoms with Gasteiger partial charge in [0.1, 0.15) is 11.6 Å². The van der Waals surface area contributed by atoms with Crippen molar-refractivity contribution < 1.29 is 13.9 Å². The molecule has 24 heavy (non-hydrogen) atoms. The van der Waals surface area contributed by atoms with Crippen molar-refractivity contribution in [1.29, 1.82) is 0 Å². The van der Waals surface area contributed by atoms with Crippen molar-refractivity contribution in [3.8, 4) is 5.75 Å². The summed E-state index contributed by atoms with van der Waals surface area (Å²) in [5, 5.41) is 0. The standard InChI is InChI=1S/C18H14FNO2S2/c1-2-22-15-9-4-3-8-14(15)20-17(21)16(24-18(20)23)11-12-6-5-7-13(19)10-12/h3-11H,2H2,1H3. The molecule has 2 aromatic rings. The maximum atomic E-state index is 13.3. The summed E-state index contributed by atoms with van der Waals surface area (Å²) < 4.78 is 19.3. The molecule has 0 atom stereocenters. The normalized spacial score (nSPS) is 16.1. The van der Waals surface area contributed by atoms with Crippen molar-refractivity contribution in [1.82, 2.24) is 0 Å². The number of hydrogen-bond donors (Lipinski definition) is 0. The van der Waals surface area contributed by atoms with Crippen LogP contribution >= 0.6 is 24.0 Å². The summed E-state index contributed by atoms with van der Waals surface area (Å²) in [4.78, 5) is 14.7. The number of benzene rings is 2. The van der Waals surface area contributed by atoms with Crippen LogP contribution in [0.4, 0.5) is 10.1 Å². The molecule has 1 aliphatic rings. The summed E-state index contributed by atoms with van der Waals surface area (Å²) in [5.41, 5.74) is 1.23. The number of nitrogens with zero attached hydrogens (tertiary/aromatic N) is 1. The number of para-hydroxylation sites is 2. The Kier molecular flexibility index (Phi) is 4.97. The van der Waals surface area contributed by atoms with Crippen molar-refractivity contribution in [3.05, 3.63) is 64.8 Å². The minimum absolute atomic E-state index is 0.235. The molecule has 122 valence electrons. The van der Waals surface area contributed by atoms with Gasteiger partial charge in [-0.05, 0) is 42.8 Å². The fraction of sp³-hybridized carbons (Fsp3) is 0.111. The van der Waals surface area contributed by atoms with Gasteiger partial charge in [0.2, 0.25) is 0 Å². The molecule has 1 heterocycles. The van der Waals surface area contributed by atoms with Gasteiger partial charge in [0.15, 0.2) is 4.32 Å². The number of anilines is 1. The Hall–Kier alpha value is -2.18. The monoisotopic (exact) mass is 359 g/mol. The summed E-state index contributed by atoms with van der Waals surface area (Å²) in [6.07, 6.45) is 1.64. The van der Waals surface area contributed by atoms with E-state index in [0.717, 1.165) is 0 Å². The number of rotatable bonds is 4. The number of amides is 1. The molecule has 0 radical (unpaired) electrons. The predicted molar refractivity (Wildman–Crippen MR) is 99.7 cm³/mol. The predicted octanol–water partition coefficient (Wildman–Crippen LogP) is 4.63. The Balaban J connectivity index is 1.95. The lowest BCUT2D eigenvalue weighted by molar-refractivity contribution is -0.113. The first-order valence-electron chi connectivity index (χ1n) is 7.35. The zero-order valence-corrected chi connectivity index (χ0v) is 14.5. The Morgan fingerprint density at radius 1 is 1.25 bits per heavy atom. The van der Waals surface area contributed by atoms with Crippen molar-refractivity contribution in [3.63, 3.8) is 0 Å². The zero-order chi connectivity index (χ0) is 17.1. The summed E-state index contributed by atoms with van der Waals surface area (Å²) >= 11 is 6.56. The van der Waals surface area contributed by atoms with Gasteiger partial charge in [0, 0.05) is 0 Å². The Bertz CT molecular complexity index is 835. The highest BCUT2D eigenvalue weighted by molar-refractivity contribution is 8.27. The van der Waals surface area contributed by atoms with Crippen LogP contribution < -0.4 is 9.64 Å². The van der Waals surface area contributed by atoms with Crippen molar-refractivity contribution in [2.45, 2.75) is 6.92 Å². The number of halogens is 1. The fourth-order valence-corrected chi connectivity index (χ4v) is 3.63. The smallest absolute Gasteiger partial charge is 0.270 e. The number of hydrogen-bond acceptors (Lipinski definition) is 4. The van der Waals surface area contributed by atoms with Gasteiger partial charge in [-0.1, -0.05) is 48.2 Å². The Morgan fingerprint density at radius 3 is 2.79 bits per heavy atom. The lowest BCUT2D eigenvalue weighted by atomic mass is 10.2. The van der Waals surface area contributed by atoms with E-state index in [1.54, 1.807) is 30.3 Å². The average Bonchev–Trinajstić information content (AvgIpc) is 2.82. The molecule has 0 spiro atoms. The molecule has 1 fully saturated rings. The van der Waals surface area contributed by atoms with Gasteiger partial charge < -0.3 is 4.74 Å². The van der Waals surface area contributed by atoms with Crippen LogP contribution in [0.2, 0.25) is 0 Å². The van der Waals surface area contributed by atoms with E-state index < -0.39 is 0 Å². The van der Waals surface area contributed by atoms with Gasteiger partial charge in [0.05, 0.1) is 17.2 Å². The quantitative estimate of drug-likeness (QED) is 0.588. The van der Waals surface area contributed by atoms with Gasteiger partial charge >= 0.3 is 0 Å². The topological polar surface area (TPSA) is 29.5 Å². The van der Waals surface area contributed by atoms with Crippen LogP contribution in [0.25, 0.3) is 6.08 Å².